The molecule has 0 aliphatic carbocycles. The molecule has 19 heavy (non-hydrogen) atoms. The number of hydrogen-bond donors (Lipinski definition) is 1. The van der Waals surface area contributed by atoms with E-state index in [4.69, 9.17) is 14.6 Å². The first kappa shape index (κ1) is 13.9. The zero-order valence-electron chi connectivity index (χ0n) is 10.1. The van der Waals surface area contributed by atoms with Gasteiger partial charge in [-0.15, -0.1) is 0 Å². The van der Waals surface area contributed by atoms with Crippen LogP contribution in [0.3, 0.4) is 0 Å². The molecule has 1 aromatic carbocycles. The summed E-state index contributed by atoms with van der Waals surface area (Å²) in [5.41, 5.74) is -0.329. The standard InChI is InChI=1S/C11H12FNO5S/c1-6-2-9(12)8(3-10(6)19(13,15)16)11(14)18-7-4-17-5-7/h2-3,7H,4-5H2,1H3,(H2,13,15,16). The van der Waals surface area contributed by atoms with Crippen molar-refractivity contribution in [2.24, 2.45) is 5.14 Å². The molecule has 0 unspecified atom stereocenters. The van der Waals surface area contributed by atoms with Gasteiger partial charge in [0.15, 0.2) is 0 Å². The average molecular weight is 289 g/mol. The molecule has 104 valence electrons. The van der Waals surface area contributed by atoms with E-state index in [1.54, 1.807) is 0 Å². The smallest absolute Gasteiger partial charge is 0.341 e. The zero-order chi connectivity index (χ0) is 14.2. The Morgan fingerprint density at radius 2 is 2.11 bits per heavy atom. The van der Waals surface area contributed by atoms with Gasteiger partial charge in [0, 0.05) is 0 Å². The lowest BCUT2D eigenvalue weighted by Gasteiger charge is -2.25. The Hall–Kier alpha value is -1.51. The number of sulfonamides is 1. The lowest BCUT2D eigenvalue weighted by Crippen LogP contribution is -2.38. The van der Waals surface area contributed by atoms with Crippen LogP contribution in [-0.2, 0) is 19.5 Å². The Kier molecular flexibility index (Phi) is 3.57. The molecule has 1 aliphatic rings. The van der Waals surface area contributed by atoms with Crippen LogP contribution in [0.25, 0.3) is 0 Å². The van der Waals surface area contributed by atoms with Crippen LogP contribution in [0.2, 0.25) is 0 Å². The second-order valence-electron chi connectivity index (χ2n) is 4.21. The van der Waals surface area contributed by atoms with E-state index in [9.17, 15) is 17.6 Å². The fourth-order valence-electron chi connectivity index (χ4n) is 1.61. The topological polar surface area (TPSA) is 95.7 Å². The largest absolute Gasteiger partial charge is 0.454 e. The summed E-state index contributed by atoms with van der Waals surface area (Å²) in [7, 11) is -4.03. The van der Waals surface area contributed by atoms with E-state index in [0.717, 1.165) is 12.1 Å². The number of benzene rings is 1. The average Bonchev–Trinajstić information content (AvgIpc) is 2.21. The highest BCUT2D eigenvalue weighted by Crippen LogP contribution is 2.21. The highest BCUT2D eigenvalue weighted by molar-refractivity contribution is 7.89. The van der Waals surface area contributed by atoms with Crippen molar-refractivity contribution < 1.29 is 27.1 Å². The quantitative estimate of drug-likeness (QED) is 0.809. The van der Waals surface area contributed by atoms with Gasteiger partial charge >= 0.3 is 5.97 Å². The van der Waals surface area contributed by atoms with Crippen LogP contribution in [0.4, 0.5) is 4.39 Å². The first-order valence-electron chi connectivity index (χ1n) is 5.40. The molecule has 1 saturated heterocycles. The lowest BCUT2D eigenvalue weighted by atomic mass is 10.1. The summed E-state index contributed by atoms with van der Waals surface area (Å²) in [5, 5.41) is 4.99. The van der Waals surface area contributed by atoms with E-state index in [1.165, 1.54) is 6.92 Å². The number of carbonyl (C=O) groups is 1. The van der Waals surface area contributed by atoms with Gasteiger partial charge in [-0.3, -0.25) is 0 Å². The van der Waals surface area contributed by atoms with Gasteiger partial charge in [0.1, 0.15) is 11.9 Å². The van der Waals surface area contributed by atoms with Crippen molar-refractivity contribution in [2.75, 3.05) is 13.2 Å². The van der Waals surface area contributed by atoms with E-state index in [2.05, 4.69) is 0 Å². The number of halogens is 1. The molecule has 8 heteroatoms. The van der Waals surface area contributed by atoms with Gasteiger partial charge in [-0.05, 0) is 24.6 Å². The molecule has 0 bridgehead atoms. The van der Waals surface area contributed by atoms with Crippen molar-refractivity contribution in [3.8, 4) is 0 Å². The first-order chi connectivity index (χ1) is 8.79. The number of ether oxygens (including phenoxy) is 2. The normalized spacial score (nSPS) is 15.9. The maximum Gasteiger partial charge on any atom is 0.341 e. The Labute approximate surface area is 109 Å². The minimum Gasteiger partial charge on any atom is -0.454 e. The summed E-state index contributed by atoms with van der Waals surface area (Å²) in [4.78, 5) is 11.4. The fraction of sp³-hybridized carbons (Fsp3) is 0.364. The van der Waals surface area contributed by atoms with Crippen LogP contribution < -0.4 is 5.14 Å². The molecule has 2 N–H and O–H groups in total. The molecule has 0 amide bonds. The molecule has 1 aliphatic heterocycles. The number of rotatable bonds is 3. The van der Waals surface area contributed by atoms with E-state index in [-0.39, 0.29) is 23.7 Å². The molecule has 0 atom stereocenters. The summed E-state index contributed by atoms with van der Waals surface area (Å²) < 4.78 is 46.0. The van der Waals surface area contributed by atoms with Crippen molar-refractivity contribution in [3.63, 3.8) is 0 Å². The molecule has 1 heterocycles. The number of carbonyl (C=O) groups excluding carboxylic acids is 1. The lowest BCUT2D eigenvalue weighted by molar-refractivity contribution is -0.103. The number of hydrogen-bond acceptors (Lipinski definition) is 5. The van der Waals surface area contributed by atoms with Gasteiger partial charge in [0.05, 0.1) is 23.7 Å². The Morgan fingerprint density at radius 3 is 2.58 bits per heavy atom. The van der Waals surface area contributed by atoms with Crippen LogP contribution in [0, 0.1) is 12.7 Å². The zero-order valence-corrected chi connectivity index (χ0v) is 10.9. The van der Waals surface area contributed by atoms with Gasteiger partial charge in [-0.2, -0.15) is 0 Å². The number of nitrogens with two attached hydrogens (primary N) is 1. The van der Waals surface area contributed by atoms with Crippen LogP contribution in [0.15, 0.2) is 17.0 Å². The SMILES string of the molecule is Cc1cc(F)c(C(=O)OC2COC2)cc1S(N)(=O)=O. The van der Waals surface area contributed by atoms with Gasteiger partial charge in [-0.25, -0.2) is 22.7 Å². The predicted molar refractivity (Wildman–Crippen MR) is 62.5 cm³/mol. The van der Waals surface area contributed by atoms with Gasteiger partial charge in [0.2, 0.25) is 10.0 Å². The molecule has 0 radical (unpaired) electrons. The maximum absolute atomic E-state index is 13.7. The molecular formula is C11H12FNO5S. The Balaban J connectivity index is 2.36. The minimum absolute atomic E-state index is 0.128. The highest BCUT2D eigenvalue weighted by atomic mass is 32.2. The molecular weight excluding hydrogens is 277 g/mol. The third-order valence-corrected chi connectivity index (χ3v) is 3.73. The van der Waals surface area contributed by atoms with Gasteiger partial charge in [0.25, 0.3) is 0 Å². The van der Waals surface area contributed by atoms with Crippen molar-refractivity contribution in [1.29, 1.82) is 0 Å². The third kappa shape index (κ3) is 2.91. The summed E-state index contributed by atoms with van der Waals surface area (Å²) in [6.07, 6.45) is -0.425. The van der Waals surface area contributed by atoms with Crippen molar-refractivity contribution in [3.05, 3.63) is 29.1 Å². The highest BCUT2D eigenvalue weighted by Gasteiger charge is 2.26. The molecule has 2 rings (SSSR count). The number of primary sulfonamides is 1. The summed E-state index contributed by atoms with van der Waals surface area (Å²) in [6.45, 7) is 1.89. The Bertz CT molecular complexity index is 624. The van der Waals surface area contributed by atoms with E-state index in [1.807, 2.05) is 0 Å². The fourth-order valence-corrected chi connectivity index (χ4v) is 2.40. The molecule has 0 spiro atoms. The van der Waals surface area contributed by atoms with Crippen molar-refractivity contribution in [1.82, 2.24) is 0 Å². The molecule has 0 saturated carbocycles. The van der Waals surface area contributed by atoms with Crippen LogP contribution >= 0.6 is 0 Å². The van der Waals surface area contributed by atoms with Crippen molar-refractivity contribution >= 4 is 16.0 Å². The molecule has 1 fully saturated rings. The van der Waals surface area contributed by atoms with E-state index < -0.39 is 33.5 Å². The molecule has 6 nitrogen and oxygen atoms in total. The van der Waals surface area contributed by atoms with Crippen LogP contribution in [0.1, 0.15) is 15.9 Å². The second-order valence-corrected chi connectivity index (χ2v) is 5.74. The third-order valence-electron chi connectivity index (χ3n) is 2.67. The monoisotopic (exact) mass is 289 g/mol. The van der Waals surface area contributed by atoms with Crippen LogP contribution in [-0.4, -0.2) is 33.7 Å². The second kappa shape index (κ2) is 4.87. The van der Waals surface area contributed by atoms with E-state index >= 15 is 0 Å². The maximum atomic E-state index is 13.7. The summed E-state index contributed by atoms with van der Waals surface area (Å²) in [5.74, 6) is -1.79. The molecule has 0 aromatic heterocycles. The number of aryl methyl sites for hydroxylation is 1. The van der Waals surface area contributed by atoms with E-state index in [0.29, 0.717) is 0 Å². The Morgan fingerprint density at radius 1 is 1.47 bits per heavy atom. The molecule has 1 aromatic rings. The summed E-state index contributed by atoms with van der Waals surface area (Å²) >= 11 is 0. The van der Waals surface area contributed by atoms with Gasteiger partial charge < -0.3 is 9.47 Å². The first-order valence-corrected chi connectivity index (χ1v) is 6.95. The minimum atomic E-state index is -4.03. The van der Waals surface area contributed by atoms with Gasteiger partial charge in [-0.1, -0.05) is 0 Å². The number of esters is 1. The predicted octanol–water partition coefficient (Wildman–Crippen LogP) is 0.337. The van der Waals surface area contributed by atoms with Crippen LogP contribution in [0.5, 0.6) is 0 Å². The summed E-state index contributed by atoms with van der Waals surface area (Å²) in [6, 6.07) is 1.83. The van der Waals surface area contributed by atoms with Crippen molar-refractivity contribution in [2.45, 2.75) is 17.9 Å².